The number of alkyl halides is 3. The van der Waals surface area contributed by atoms with E-state index >= 15 is 0 Å². The van der Waals surface area contributed by atoms with Crippen LogP contribution in [0.4, 0.5) is 17.6 Å². The quantitative estimate of drug-likeness (QED) is 0.785. The lowest BCUT2D eigenvalue weighted by atomic mass is 10.1. The van der Waals surface area contributed by atoms with Gasteiger partial charge in [0.25, 0.3) is 0 Å². The highest BCUT2D eigenvalue weighted by Crippen LogP contribution is 2.15. The highest BCUT2D eigenvalue weighted by atomic mass is 19.4. The van der Waals surface area contributed by atoms with Gasteiger partial charge in [0, 0.05) is 6.54 Å². The molecule has 2 nitrogen and oxygen atoms in total. The fraction of sp³-hybridized carbons (Fsp3) is 0.400. The topological polar surface area (TPSA) is 32.3 Å². The lowest BCUT2D eigenvalue weighted by molar-refractivity contribution is -0.125. The van der Waals surface area contributed by atoms with Crippen LogP contribution < -0.4 is 5.32 Å². The van der Waals surface area contributed by atoms with Gasteiger partial charge in [-0.3, -0.25) is 0 Å². The van der Waals surface area contributed by atoms with Crippen molar-refractivity contribution < 1.29 is 22.7 Å². The maximum absolute atomic E-state index is 12.5. The molecule has 1 aromatic carbocycles. The number of halogens is 4. The number of rotatable bonds is 4. The summed E-state index contributed by atoms with van der Waals surface area (Å²) in [6.07, 6.45) is -5.38. The minimum Gasteiger partial charge on any atom is -0.387 e. The Kier molecular flexibility index (Phi) is 4.26. The maximum Gasteiger partial charge on any atom is 0.401 e. The Bertz CT molecular complexity index is 323. The second-order valence-electron chi connectivity index (χ2n) is 3.31. The molecule has 0 aromatic heterocycles. The summed E-state index contributed by atoms with van der Waals surface area (Å²) < 4.78 is 47.8. The molecule has 0 amide bonds. The Morgan fingerprint density at radius 2 is 1.75 bits per heavy atom. The molecule has 90 valence electrons. The molecule has 0 heterocycles. The second-order valence-corrected chi connectivity index (χ2v) is 3.31. The van der Waals surface area contributed by atoms with Crippen molar-refractivity contribution >= 4 is 0 Å². The van der Waals surface area contributed by atoms with E-state index in [9.17, 15) is 22.7 Å². The minimum absolute atomic E-state index is 0.231. The van der Waals surface area contributed by atoms with Gasteiger partial charge in [-0.15, -0.1) is 0 Å². The molecule has 2 N–H and O–H groups in total. The SMILES string of the molecule is O[C@H](CNCC(F)(F)F)c1ccc(F)cc1. The Balaban J connectivity index is 2.41. The van der Waals surface area contributed by atoms with E-state index in [-0.39, 0.29) is 6.54 Å². The van der Waals surface area contributed by atoms with Crippen molar-refractivity contribution in [3.8, 4) is 0 Å². The minimum atomic E-state index is -4.30. The summed E-state index contributed by atoms with van der Waals surface area (Å²) in [5.74, 6) is -0.459. The zero-order valence-electron chi connectivity index (χ0n) is 8.26. The number of hydrogen-bond donors (Lipinski definition) is 2. The Morgan fingerprint density at radius 1 is 1.19 bits per heavy atom. The first-order chi connectivity index (χ1) is 7.38. The molecule has 0 bridgehead atoms. The van der Waals surface area contributed by atoms with Crippen LogP contribution in [-0.4, -0.2) is 24.4 Å². The first-order valence-corrected chi connectivity index (χ1v) is 4.59. The summed E-state index contributed by atoms with van der Waals surface area (Å²) in [6, 6.07) is 4.94. The largest absolute Gasteiger partial charge is 0.401 e. The van der Waals surface area contributed by atoms with Crippen molar-refractivity contribution in [2.75, 3.05) is 13.1 Å². The Hall–Kier alpha value is -1.14. The van der Waals surface area contributed by atoms with E-state index in [1.54, 1.807) is 0 Å². The molecule has 0 fully saturated rings. The van der Waals surface area contributed by atoms with Crippen LogP contribution in [0.1, 0.15) is 11.7 Å². The molecule has 0 saturated heterocycles. The number of aliphatic hydroxyl groups excluding tert-OH is 1. The molecule has 0 radical (unpaired) electrons. The molecule has 0 aliphatic rings. The van der Waals surface area contributed by atoms with Crippen LogP contribution in [0.5, 0.6) is 0 Å². The van der Waals surface area contributed by atoms with Gasteiger partial charge in [0.15, 0.2) is 0 Å². The molecular weight excluding hydrogens is 226 g/mol. The summed E-state index contributed by atoms with van der Waals surface area (Å²) in [7, 11) is 0. The molecule has 0 unspecified atom stereocenters. The van der Waals surface area contributed by atoms with Crippen molar-refractivity contribution in [3.05, 3.63) is 35.6 Å². The fourth-order valence-corrected chi connectivity index (χ4v) is 1.15. The number of benzene rings is 1. The number of hydrogen-bond acceptors (Lipinski definition) is 2. The average molecular weight is 237 g/mol. The Labute approximate surface area is 89.9 Å². The normalized spacial score (nSPS) is 13.8. The standard InChI is InChI=1S/C10H11F4NO/c11-8-3-1-7(2-4-8)9(16)5-15-6-10(12,13)14/h1-4,9,15-16H,5-6H2/t9-/m1/s1. The summed E-state index contributed by atoms with van der Waals surface area (Å²) in [6.45, 7) is -1.39. The van der Waals surface area contributed by atoms with E-state index < -0.39 is 24.6 Å². The lowest BCUT2D eigenvalue weighted by Crippen LogP contribution is -2.31. The van der Waals surface area contributed by atoms with Crippen molar-refractivity contribution in [3.63, 3.8) is 0 Å². The summed E-state index contributed by atoms with van der Waals surface area (Å²) in [5.41, 5.74) is 0.371. The first-order valence-electron chi connectivity index (χ1n) is 4.59. The highest BCUT2D eigenvalue weighted by molar-refractivity contribution is 5.18. The molecule has 0 aliphatic carbocycles. The third kappa shape index (κ3) is 4.59. The fourth-order valence-electron chi connectivity index (χ4n) is 1.15. The maximum atomic E-state index is 12.5. The van der Waals surface area contributed by atoms with Gasteiger partial charge in [-0.05, 0) is 17.7 Å². The zero-order chi connectivity index (χ0) is 12.2. The van der Waals surface area contributed by atoms with E-state index in [0.29, 0.717) is 5.56 Å². The summed E-state index contributed by atoms with van der Waals surface area (Å²) >= 11 is 0. The first kappa shape index (κ1) is 12.9. The molecule has 16 heavy (non-hydrogen) atoms. The molecule has 0 spiro atoms. The van der Waals surface area contributed by atoms with Gasteiger partial charge in [-0.2, -0.15) is 13.2 Å². The lowest BCUT2D eigenvalue weighted by Gasteiger charge is -2.13. The summed E-state index contributed by atoms with van der Waals surface area (Å²) in [4.78, 5) is 0. The molecule has 0 saturated carbocycles. The van der Waals surface area contributed by atoms with E-state index in [0.717, 1.165) is 12.1 Å². The molecule has 1 aromatic rings. The second kappa shape index (κ2) is 5.27. The molecule has 0 aliphatic heterocycles. The number of aliphatic hydroxyl groups is 1. The van der Waals surface area contributed by atoms with Gasteiger partial charge in [0.1, 0.15) is 5.82 Å². The third-order valence-corrected chi connectivity index (χ3v) is 1.92. The van der Waals surface area contributed by atoms with E-state index in [4.69, 9.17) is 0 Å². The van der Waals surface area contributed by atoms with Gasteiger partial charge in [0.05, 0.1) is 12.6 Å². The van der Waals surface area contributed by atoms with Gasteiger partial charge in [-0.1, -0.05) is 12.1 Å². The van der Waals surface area contributed by atoms with Gasteiger partial charge in [0.2, 0.25) is 0 Å². The molecule has 1 atom stereocenters. The zero-order valence-corrected chi connectivity index (χ0v) is 8.26. The van der Waals surface area contributed by atoms with Crippen LogP contribution >= 0.6 is 0 Å². The average Bonchev–Trinajstić information content (AvgIpc) is 2.16. The van der Waals surface area contributed by atoms with Gasteiger partial charge >= 0.3 is 6.18 Å². The highest BCUT2D eigenvalue weighted by Gasteiger charge is 2.26. The monoisotopic (exact) mass is 237 g/mol. The predicted octanol–water partition coefficient (Wildman–Crippen LogP) is 2.01. The van der Waals surface area contributed by atoms with Gasteiger partial charge in [-0.25, -0.2) is 4.39 Å². The molecular formula is C10H11F4NO. The van der Waals surface area contributed by atoms with Crippen LogP contribution in [0.25, 0.3) is 0 Å². The van der Waals surface area contributed by atoms with Crippen molar-refractivity contribution in [2.45, 2.75) is 12.3 Å². The predicted molar refractivity (Wildman–Crippen MR) is 50.3 cm³/mol. The van der Waals surface area contributed by atoms with Crippen LogP contribution in [0, 0.1) is 5.82 Å². The van der Waals surface area contributed by atoms with Crippen molar-refractivity contribution in [1.29, 1.82) is 0 Å². The Morgan fingerprint density at radius 3 is 2.25 bits per heavy atom. The van der Waals surface area contributed by atoms with Crippen LogP contribution in [-0.2, 0) is 0 Å². The van der Waals surface area contributed by atoms with Crippen LogP contribution in [0.2, 0.25) is 0 Å². The van der Waals surface area contributed by atoms with Crippen LogP contribution in [0.15, 0.2) is 24.3 Å². The van der Waals surface area contributed by atoms with Crippen LogP contribution in [0.3, 0.4) is 0 Å². The third-order valence-electron chi connectivity index (χ3n) is 1.92. The van der Waals surface area contributed by atoms with E-state index in [1.807, 2.05) is 0 Å². The van der Waals surface area contributed by atoms with E-state index in [2.05, 4.69) is 5.32 Å². The molecule has 6 heteroatoms. The van der Waals surface area contributed by atoms with Crippen molar-refractivity contribution in [1.82, 2.24) is 5.32 Å². The number of nitrogens with one attached hydrogen (secondary N) is 1. The van der Waals surface area contributed by atoms with Gasteiger partial charge < -0.3 is 10.4 Å². The van der Waals surface area contributed by atoms with E-state index in [1.165, 1.54) is 12.1 Å². The smallest absolute Gasteiger partial charge is 0.387 e. The van der Waals surface area contributed by atoms with Crippen molar-refractivity contribution in [2.24, 2.45) is 0 Å². The summed E-state index contributed by atoms with van der Waals surface area (Å²) in [5, 5.41) is 11.5. The molecule has 1 rings (SSSR count).